The molecule has 0 saturated carbocycles. The maximum atomic E-state index is 13.0. The summed E-state index contributed by atoms with van der Waals surface area (Å²) in [6.07, 6.45) is 0. The van der Waals surface area contributed by atoms with Crippen LogP contribution in [0.4, 0.5) is 4.39 Å². The molecule has 1 amide bonds. The van der Waals surface area contributed by atoms with Crippen LogP contribution in [0.15, 0.2) is 59.5 Å². The number of rotatable bonds is 6. The molecule has 3 nitrogen and oxygen atoms in total. The Hall–Kier alpha value is -2.01. The van der Waals surface area contributed by atoms with Gasteiger partial charge in [-0.2, -0.15) is 0 Å². The summed E-state index contributed by atoms with van der Waals surface area (Å²) >= 11 is 0. The summed E-state index contributed by atoms with van der Waals surface area (Å²) in [6, 6.07) is 15.1. The molecule has 2 aromatic rings. The lowest BCUT2D eigenvalue weighted by Gasteiger charge is -2.24. The molecule has 0 aromatic heterocycles. The Kier molecular flexibility index (Phi) is 5.66. The van der Waals surface area contributed by atoms with E-state index >= 15 is 0 Å². The number of carbonyl (C=O) groups is 1. The number of amides is 1. The fraction of sp³-hybridized carbons (Fsp3) is 0.278. The molecule has 0 heterocycles. The van der Waals surface area contributed by atoms with Crippen LogP contribution in [0.1, 0.15) is 19.4 Å². The van der Waals surface area contributed by atoms with Gasteiger partial charge in [-0.15, -0.1) is 0 Å². The lowest BCUT2D eigenvalue weighted by atomic mass is 9.84. The predicted molar refractivity (Wildman–Crippen MR) is 90.2 cm³/mol. The third-order valence-corrected chi connectivity index (χ3v) is 5.09. The van der Waals surface area contributed by atoms with Crippen LogP contribution in [0.5, 0.6) is 0 Å². The molecule has 23 heavy (non-hydrogen) atoms. The zero-order chi connectivity index (χ0) is 16.9. The molecule has 0 unspecified atom stereocenters. The highest BCUT2D eigenvalue weighted by molar-refractivity contribution is 7.85. The van der Waals surface area contributed by atoms with E-state index in [1.165, 1.54) is 12.1 Å². The fourth-order valence-electron chi connectivity index (χ4n) is 2.17. The van der Waals surface area contributed by atoms with E-state index in [2.05, 4.69) is 5.32 Å². The minimum absolute atomic E-state index is 0.172. The molecule has 0 aliphatic carbocycles. The molecule has 0 aliphatic heterocycles. The van der Waals surface area contributed by atoms with Gasteiger partial charge in [-0.25, -0.2) is 4.39 Å². The van der Waals surface area contributed by atoms with Crippen LogP contribution >= 0.6 is 0 Å². The van der Waals surface area contributed by atoms with Gasteiger partial charge in [0, 0.05) is 17.2 Å². The van der Waals surface area contributed by atoms with Gasteiger partial charge in [-0.05, 0) is 43.7 Å². The molecule has 0 fully saturated rings. The van der Waals surface area contributed by atoms with E-state index in [0.29, 0.717) is 12.3 Å². The second kappa shape index (κ2) is 7.51. The van der Waals surface area contributed by atoms with Crippen LogP contribution < -0.4 is 5.32 Å². The Morgan fingerprint density at radius 2 is 1.70 bits per heavy atom. The lowest BCUT2D eigenvalue weighted by Crippen LogP contribution is -2.41. The first kappa shape index (κ1) is 17.3. The van der Waals surface area contributed by atoms with Gasteiger partial charge < -0.3 is 5.32 Å². The number of hydrogen-bond donors (Lipinski definition) is 1. The quantitative estimate of drug-likeness (QED) is 0.883. The predicted octanol–water partition coefficient (Wildman–Crippen LogP) is 3.03. The van der Waals surface area contributed by atoms with Gasteiger partial charge in [0.15, 0.2) is 0 Å². The normalized spacial score (nSPS) is 12.7. The first-order valence-electron chi connectivity index (χ1n) is 7.39. The van der Waals surface area contributed by atoms with Crippen molar-refractivity contribution < 1.29 is 13.4 Å². The monoisotopic (exact) mass is 333 g/mol. The minimum Gasteiger partial charge on any atom is -0.354 e. The van der Waals surface area contributed by atoms with Gasteiger partial charge in [0.2, 0.25) is 5.91 Å². The maximum Gasteiger partial charge on any atom is 0.230 e. The highest BCUT2D eigenvalue weighted by Crippen LogP contribution is 2.23. The van der Waals surface area contributed by atoms with E-state index in [9.17, 15) is 13.4 Å². The van der Waals surface area contributed by atoms with Crippen molar-refractivity contribution in [2.75, 3.05) is 12.3 Å². The summed E-state index contributed by atoms with van der Waals surface area (Å²) in [4.78, 5) is 13.1. The summed E-state index contributed by atoms with van der Waals surface area (Å²) < 4.78 is 25.1. The van der Waals surface area contributed by atoms with E-state index in [4.69, 9.17) is 0 Å². The van der Waals surface area contributed by atoms with Crippen LogP contribution in [0, 0.1) is 5.82 Å². The van der Waals surface area contributed by atoms with Crippen molar-refractivity contribution in [3.05, 3.63) is 66.0 Å². The third kappa shape index (κ3) is 4.48. The van der Waals surface area contributed by atoms with Crippen LogP contribution in [0.3, 0.4) is 0 Å². The molecule has 5 heteroatoms. The Labute approximate surface area is 138 Å². The highest BCUT2D eigenvalue weighted by Gasteiger charge is 2.29. The molecule has 1 atom stereocenters. The molecule has 0 aliphatic rings. The fourth-order valence-corrected chi connectivity index (χ4v) is 3.15. The van der Waals surface area contributed by atoms with Gasteiger partial charge >= 0.3 is 0 Å². The summed E-state index contributed by atoms with van der Waals surface area (Å²) in [7, 11) is -1.14. The summed E-state index contributed by atoms with van der Waals surface area (Å²) in [5, 5.41) is 2.81. The zero-order valence-electron chi connectivity index (χ0n) is 13.2. The van der Waals surface area contributed by atoms with Crippen molar-refractivity contribution in [1.29, 1.82) is 0 Å². The summed E-state index contributed by atoms with van der Waals surface area (Å²) in [5.41, 5.74) is -0.0392. The molecular weight excluding hydrogens is 313 g/mol. The average Bonchev–Trinajstić information content (AvgIpc) is 2.55. The van der Waals surface area contributed by atoms with Gasteiger partial charge in [-0.1, -0.05) is 30.3 Å². The Morgan fingerprint density at radius 3 is 2.30 bits per heavy atom. The van der Waals surface area contributed by atoms with E-state index in [-0.39, 0.29) is 11.7 Å². The Bertz CT molecular complexity index is 684. The lowest BCUT2D eigenvalue weighted by molar-refractivity contribution is -0.125. The number of nitrogens with one attached hydrogen (secondary N) is 1. The van der Waals surface area contributed by atoms with Crippen LogP contribution in [0.2, 0.25) is 0 Å². The Balaban J connectivity index is 1.91. The van der Waals surface area contributed by atoms with E-state index in [1.54, 1.807) is 38.1 Å². The first-order chi connectivity index (χ1) is 10.9. The number of benzene rings is 2. The molecule has 0 radical (unpaired) electrons. The SMILES string of the molecule is CC(C)(C(=O)NCC[S@@](=O)c1ccccc1)c1ccc(F)cc1. The van der Waals surface area contributed by atoms with Gasteiger partial charge in [-0.3, -0.25) is 9.00 Å². The van der Waals surface area contributed by atoms with Crippen molar-refractivity contribution in [3.8, 4) is 0 Å². The van der Waals surface area contributed by atoms with Crippen molar-refractivity contribution in [3.63, 3.8) is 0 Å². The number of carbonyl (C=O) groups excluding carboxylic acids is 1. The van der Waals surface area contributed by atoms with Crippen LogP contribution in [-0.4, -0.2) is 22.4 Å². The Morgan fingerprint density at radius 1 is 1.09 bits per heavy atom. The molecule has 1 N–H and O–H groups in total. The molecular formula is C18H20FNO2S. The topological polar surface area (TPSA) is 46.2 Å². The summed E-state index contributed by atoms with van der Waals surface area (Å²) in [6.45, 7) is 3.89. The number of halogens is 1. The number of hydrogen-bond acceptors (Lipinski definition) is 2. The van der Waals surface area contributed by atoms with Gasteiger partial charge in [0.1, 0.15) is 5.82 Å². The molecule has 2 rings (SSSR count). The second-order valence-electron chi connectivity index (χ2n) is 5.75. The van der Waals surface area contributed by atoms with Crippen molar-refractivity contribution in [1.82, 2.24) is 5.32 Å². The molecule has 122 valence electrons. The third-order valence-electron chi connectivity index (χ3n) is 3.71. The molecule has 0 spiro atoms. The van der Waals surface area contributed by atoms with Crippen LogP contribution in [-0.2, 0) is 21.0 Å². The van der Waals surface area contributed by atoms with Crippen molar-refractivity contribution >= 4 is 16.7 Å². The zero-order valence-corrected chi connectivity index (χ0v) is 14.0. The second-order valence-corrected chi connectivity index (χ2v) is 7.32. The van der Waals surface area contributed by atoms with Gasteiger partial charge in [0.25, 0.3) is 0 Å². The molecule has 0 bridgehead atoms. The average molecular weight is 333 g/mol. The van der Waals surface area contributed by atoms with Crippen molar-refractivity contribution in [2.24, 2.45) is 0 Å². The van der Waals surface area contributed by atoms with Gasteiger partial charge in [0.05, 0.1) is 16.2 Å². The first-order valence-corrected chi connectivity index (χ1v) is 8.71. The molecule has 2 aromatic carbocycles. The van der Waals surface area contributed by atoms with E-state index in [0.717, 1.165) is 10.5 Å². The maximum absolute atomic E-state index is 13.0. The molecule has 0 saturated heterocycles. The standard InChI is InChI=1S/C18H20FNO2S/c1-18(2,14-8-10-15(19)11-9-14)17(21)20-12-13-23(22)16-6-4-3-5-7-16/h3-11H,12-13H2,1-2H3,(H,20,21)/t23-/m1/s1. The largest absolute Gasteiger partial charge is 0.354 e. The minimum atomic E-state index is -1.14. The van der Waals surface area contributed by atoms with Crippen LogP contribution in [0.25, 0.3) is 0 Å². The smallest absolute Gasteiger partial charge is 0.230 e. The highest BCUT2D eigenvalue weighted by atomic mass is 32.2. The summed E-state index contributed by atoms with van der Waals surface area (Å²) in [5.74, 6) is -0.146. The van der Waals surface area contributed by atoms with E-state index in [1.807, 2.05) is 18.2 Å². The van der Waals surface area contributed by atoms with Crippen molar-refractivity contribution in [2.45, 2.75) is 24.2 Å². The van der Waals surface area contributed by atoms with E-state index < -0.39 is 16.2 Å².